The zero-order valence-electron chi connectivity index (χ0n) is 13.8. The number of carbonyl (C=O) groups is 2. The second-order valence-corrected chi connectivity index (χ2v) is 8.96. The minimum Gasteiger partial charge on any atom is -0.393 e. The van der Waals surface area contributed by atoms with Gasteiger partial charge >= 0.3 is 0 Å². The third-order valence-electron chi connectivity index (χ3n) is 8.15. The Bertz CT molecular complexity index is 527. The maximum absolute atomic E-state index is 12.9. The molecule has 4 aliphatic carbocycles. The van der Waals surface area contributed by atoms with E-state index in [2.05, 4.69) is 13.8 Å². The van der Waals surface area contributed by atoms with Gasteiger partial charge in [0.2, 0.25) is 0 Å². The standard InChI is InChI=1S/C19H28O3/c1-18-7-5-12(20)9-11(18)10-15(21)17-13-3-4-16(22)19(13,2)8-6-14(17)18/h11-14,17,20H,3-10H2,1-2H3/t11?,12?,13-,14-,17-,18-,19-/m0/s1. The Morgan fingerprint density at radius 1 is 1.05 bits per heavy atom. The second kappa shape index (κ2) is 4.66. The van der Waals surface area contributed by atoms with E-state index in [1.807, 2.05) is 0 Å². The Balaban J connectivity index is 1.70. The van der Waals surface area contributed by atoms with Crippen molar-refractivity contribution in [3.63, 3.8) is 0 Å². The van der Waals surface area contributed by atoms with Crippen LogP contribution in [-0.2, 0) is 9.59 Å². The molecule has 3 nitrogen and oxygen atoms in total. The molecule has 0 aromatic carbocycles. The van der Waals surface area contributed by atoms with Crippen LogP contribution in [0.5, 0.6) is 0 Å². The van der Waals surface area contributed by atoms with E-state index in [1.54, 1.807) is 0 Å². The number of aliphatic hydroxyl groups is 1. The van der Waals surface area contributed by atoms with Crippen molar-refractivity contribution in [2.24, 2.45) is 34.5 Å². The maximum atomic E-state index is 12.9. The van der Waals surface area contributed by atoms with Crippen LogP contribution in [0.15, 0.2) is 0 Å². The molecule has 0 bridgehead atoms. The molecule has 3 heteroatoms. The SMILES string of the molecule is C[C@]12CCC(O)CC1CC(=O)[C@@H]1[C@@H]2CC[C@]2(C)C(=O)CC[C@@H]12. The quantitative estimate of drug-likeness (QED) is 0.748. The molecule has 0 aromatic heterocycles. The van der Waals surface area contributed by atoms with Gasteiger partial charge in [0.15, 0.2) is 0 Å². The van der Waals surface area contributed by atoms with Gasteiger partial charge in [-0.05, 0) is 61.7 Å². The number of ketones is 2. The van der Waals surface area contributed by atoms with Crippen LogP contribution in [-0.4, -0.2) is 22.8 Å². The predicted octanol–water partition coefficient (Wildman–Crippen LogP) is 3.14. The highest BCUT2D eigenvalue weighted by Crippen LogP contribution is 2.64. The van der Waals surface area contributed by atoms with Crippen LogP contribution in [0.1, 0.15) is 65.2 Å². The van der Waals surface area contributed by atoms with Gasteiger partial charge in [-0.2, -0.15) is 0 Å². The molecule has 7 atom stereocenters. The summed E-state index contributed by atoms with van der Waals surface area (Å²) in [7, 11) is 0. The summed E-state index contributed by atoms with van der Waals surface area (Å²) in [5.41, 5.74) is -0.0288. The average Bonchev–Trinajstić information content (AvgIpc) is 2.77. The fourth-order valence-electron chi connectivity index (χ4n) is 6.68. The van der Waals surface area contributed by atoms with Crippen molar-refractivity contribution >= 4 is 11.6 Å². The van der Waals surface area contributed by atoms with Crippen molar-refractivity contribution in [1.29, 1.82) is 0 Å². The van der Waals surface area contributed by atoms with E-state index in [0.717, 1.165) is 38.5 Å². The van der Waals surface area contributed by atoms with Crippen molar-refractivity contribution in [1.82, 2.24) is 0 Å². The van der Waals surface area contributed by atoms with E-state index in [0.29, 0.717) is 36.2 Å². The van der Waals surface area contributed by atoms with Gasteiger partial charge in [-0.3, -0.25) is 9.59 Å². The Hall–Kier alpha value is -0.700. The lowest BCUT2D eigenvalue weighted by molar-refractivity contribution is -0.160. The van der Waals surface area contributed by atoms with E-state index in [4.69, 9.17) is 0 Å². The Morgan fingerprint density at radius 3 is 2.59 bits per heavy atom. The van der Waals surface area contributed by atoms with Gasteiger partial charge < -0.3 is 5.11 Å². The first-order valence-corrected chi connectivity index (χ1v) is 9.10. The number of aliphatic hydroxyl groups excluding tert-OH is 1. The molecule has 2 unspecified atom stereocenters. The van der Waals surface area contributed by atoms with Crippen LogP contribution in [0.4, 0.5) is 0 Å². The van der Waals surface area contributed by atoms with Crippen LogP contribution >= 0.6 is 0 Å². The zero-order chi connectivity index (χ0) is 15.7. The molecule has 0 aliphatic heterocycles. The second-order valence-electron chi connectivity index (χ2n) is 8.96. The lowest BCUT2D eigenvalue weighted by Crippen LogP contribution is -2.57. The maximum Gasteiger partial charge on any atom is 0.139 e. The first-order chi connectivity index (χ1) is 10.4. The van der Waals surface area contributed by atoms with Gasteiger partial charge in [0.1, 0.15) is 11.6 Å². The molecule has 0 heterocycles. The largest absolute Gasteiger partial charge is 0.393 e. The number of carbonyl (C=O) groups excluding carboxylic acids is 2. The minimum atomic E-state index is -0.228. The third-order valence-corrected chi connectivity index (χ3v) is 8.15. The van der Waals surface area contributed by atoms with Crippen LogP contribution in [0.3, 0.4) is 0 Å². The van der Waals surface area contributed by atoms with Crippen LogP contribution in [0.2, 0.25) is 0 Å². The lowest BCUT2D eigenvalue weighted by atomic mass is 9.45. The van der Waals surface area contributed by atoms with E-state index in [9.17, 15) is 14.7 Å². The molecule has 1 N–H and O–H groups in total. The fourth-order valence-corrected chi connectivity index (χ4v) is 6.68. The van der Waals surface area contributed by atoms with Gasteiger partial charge in [-0.1, -0.05) is 13.8 Å². The topological polar surface area (TPSA) is 54.4 Å². The van der Waals surface area contributed by atoms with Crippen molar-refractivity contribution < 1.29 is 14.7 Å². The first-order valence-electron chi connectivity index (χ1n) is 9.10. The Kier molecular flexibility index (Phi) is 3.15. The van der Waals surface area contributed by atoms with Gasteiger partial charge in [0.25, 0.3) is 0 Å². The molecule has 0 spiro atoms. The van der Waals surface area contributed by atoms with E-state index < -0.39 is 0 Å². The molecule has 122 valence electrons. The number of Topliss-reactive ketones (excluding diaryl/α,β-unsaturated/α-hetero) is 2. The molecule has 0 saturated heterocycles. The minimum absolute atomic E-state index is 0.113. The van der Waals surface area contributed by atoms with E-state index in [1.165, 1.54) is 0 Å². The van der Waals surface area contributed by atoms with Gasteiger partial charge in [0.05, 0.1) is 6.10 Å². The molecule has 0 radical (unpaired) electrons. The molecule has 4 rings (SSSR count). The van der Waals surface area contributed by atoms with Crippen LogP contribution < -0.4 is 0 Å². The smallest absolute Gasteiger partial charge is 0.139 e. The summed E-state index contributed by atoms with van der Waals surface area (Å²) in [6, 6.07) is 0. The molecule has 0 amide bonds. The summed E-state index contributed by atoms with van der Waals surface area (Å²) in [6.07, 6.45) is 6.73. The van der Waals surface area contributed by atoms with Crippen LogP contribution in [0, 0.1) is 34.5 Å². The molecule has 4 aliphatic rings. The summed E-state index contributed by atoms with van der Waals surface area (Å²) in [4.78, 5) is 25.3. The number of hydrogen-bond acceptors (Lipinski definition) is 3. The normalized spacial score (nSPS) is 54.6. The Labute approximate surface area is 132 Å². The van der Waals surface area contributed by atoms with Gasteiger partial charge in [-0.15, -0.1) is 0 Å². The number of fused-ring (bicyclic) bond motifs is 5. The molecule has 0 aromatic rings. The highest BCUT2D eigenvalue weighted by Gasteiger charge is 2.62. The van der Waals surface area contributed by atoms with Crippen molar-refractivity contribution in [2.75, 3.05) is 0 Å². The fraction of sp³-hybridized carbons (Fsp3) is 0.895. The summed E-state index contributed by atoms with van der Waals surface area (Å²) in [5.74, 6) is 1.99. The molecule has 4 fully saturated rings. The van der Waals surface area contributed by atoms with Crippen LogP contribution in [0.25, 0.3) is 0 Å². The highest BCUT2D eigenvalue weighted by molar-refractivity contribution is 5.90. The molecular weight excluding hydrogens is 276 g/mol. The number of hydrogen-bond donors (Lipinski definition) is 1. The van der Waals surface area contributed by atoms with Gasteiger partial charge in [-0.25, -0.2) is 0 Å². The summed E-state index contributed by atoms with van der Waals surface area (Å²) in [6.45, 7) is 4.49. The molecular formula is C19H28O3. The van der Waals surface area contributed by atoms with Gasteiger partial charge in [0, 0.05) is 24.2 Å². The lowest BCUT2D eigenvalue weighted by Gasteiger charge is -2.59. The van der Waals surface area contributed by atoms with Crippen molar-refractivity contribution in [2.45, 2.75) is 71.3 Å². The Morgan fingerprint density at radius 2 is 1.82 bits per heavy atom. The summed E-state index contributed by atoms with van der Waals surface area (Å²) in [5, 5.41) is 10.0. The average molecular weight is 304 g/mol. The number of rotatable bonds is 0. The van der Waals surface area contributed by atoms with E-state index >= 15 is 0 Å². The predicted molar refractivity (Wildman–Crippen MR) is 83.1 cm³/mol. The third kappa shape index (κ3) is 1.78. The monoisotopic (exact) mass is 304 g/mol. The summed E-state index contributed by atoms with van der Waals surface area (Å²) >= 11 is 0. The van der Waals surface area contributed by atoms with Crippen molar-refractivity contribution in [3.05, 3.63) is 0 Å². The van der Waals surface area contributed by atoms with Crippen molar-refractivity contribution in [3.8, 4) is 0 Å². The van der Waals surface area contributed by atoms with E-state index in [-0.39, 0.29) is 28.8 Å². The first kappa shape index (κ1) is 14.9. The zero-order valence-corrected chi connectivity index (χ0v) is 13.8. The molecule has 22 heavy (non-hydrogen) atoms. The molecule has 4 saturated carbocycles. The highest BCUT2D eigenvalue weighted by atomic mass is 16.3. The summed E-state index contributed by atoms with van der Waals surface area (Å²) < 4.78 is 0.